The van der Waals surface area contributed by atoms with Crippen LogP contribution in [0.3, 0.4) is 0 Å². The van der Waals surface area contributed by atoms with Gasteiger partial charge >= 0.3 is 6.18 Å². The lowest BCUT2D eigenvalue weighted by molar-refractivity contribution is -0.137. The number of hydrogen-bond donors (Lipinski definition) is 4. The van der Waals surface area contributed by atoms with Gasteiger partial charge in [-0.2, -0.15) is 18.3 Å². The van der Waals surface area contributed by atoms with E-state index < -0.39 is 17.6 Å². The smallest absolute Gasteiger partial charge is 0.416 e. The van der Waals surface area contributed by atoms with Crippen molar-refractivity contribution >= 4 is 34.4 Å². The number of imidazole rings is 1. The summed E-state index contributed by atoms with van der Waals surface area (Å²) in [5.41, 5.74) is 0.390. The van der Waals surface area contributed by atoms with Crippen LogP contribution < -0.4 is 10.1 Å². The molecule has 0 aliphatic carbocycles. The van der Waals surface area contributed by atoms with Crippen LogP contribution in [0.4, 0.5) is 19.0 Å². The van der Waals surface area contributed by atoms with E-state index >= 15 is 0 Å². The second-order valence-corrected chi connectivity index (χ2v) is 7.06. The number of fused-ring (bicyclic) bond motifs is 1. The van der Waals surface area contributed by atoms with E-state index in [1.54, 1.807) is 0 Å². The van der Waals surface area contributed by atoms with Crippen molar-refractivity contribution in [2.75, 3.05) is 18.5 Å². The molecule has 0 fully saturated rings. The number of anilines is 1. The third kappa shape index (κ3) is 4.53. The Morgan fingerprint density at radius 2 is 2.00 bits per heavy atom. The zero-order chi connectivity index (χ0) is 22.9. The Morgan fingerprint density at radius 1 is 1.19 bits per heavy atom. The number of H-pyrrole nitrogens is 2. The van der Waals surface area contributed by atoms with Crippen molar-refractivity contribution in [3.63, 3.8) is 0 Å². The van der Waals surface area contributed by atoms with Gasteiger partial charge in [-0.05, 0) is 36.4 Å². The number of aliphatic hydroxyl groups is 1. The van der Waals surface area contributed by atoms with Gasteiger partial charge in [0, 0.05) is 11.6 Å². The fraction of sp³-hybridized carbons (Fsp3) is 0.150. The first-order chi connectivity index (χ1) is 15.2. The lowest BCUT2D eigenvalue weighted by atomic mass is 10.2. The van der Waals surface area contributed by atoms with E-state index in [9.17, 15) is 18.0 Å². The Kier molecular flexibility index (Phi) is 5.76. The molecule has 2 aromatic carbocycles. The number of aromatic nitrogens is 4. The molecular formula is C20H15ClF3N5O3. The summed E-state index contributed by atoms with van der Waals surface area (Å²) in [6.45, 7) is -0.102. The van der Waals surface area contributed by atoms with Crippen LogP contribution in [-0.2, 0) is 6.18 Å². The second-order valence-electron chi connectivity index (χ2n) is 6.65. The number of aliphatic hydroxyl groups excluding tert-OH is 1. The molecule has 166 valence electrons. The molecule has 2 heterocycles. The van der Waals surface area contributed by atoms with Gasteiger partial charge in [-0.1, -0.05) is 11.6 Å². The van der Waals surface area contributed by atoms with Crippen molar-refractivity contribution < 1.29 is 27.8 Å². The Hall–Kier alpha value is -3.57. The Balaban J connectivity index is 1.50. The van der Waals surface area contributed by atoms with E-state index in [0.717, 1.165) is 12.1 Å². The van der Waals surface area contributed by atoms with Crippen LogP contribution >= 0.6 is 11.6 Å². The van der Waals surface area contributed by atoms with Crippen LogP contribution in [0.15, 0.2) is 42.5 Å². The molecule has 12 heteroatoms. The van der Waals surface area contributed by atoms with E-state index in [1.807, 2.05) is 0 Å². The van der Waals surface area contributed by atoms with Gasteiger partial charge in [-0.25, -0.2) is 4.98 Å². The largest absolute Gasteiger partial charge is 0.490 e. The summed E-state index contributed by atoms with van der Waals surface area (Å²) in [6, 6.07) is 9.12. The van der Waals surface area contributed by atoms with Gasteiger partial charge in [0.25, 0.3) is 5.91 Å². The number of rotatable bonds is 6. The third-order valence-corrected chi connectivity index (χ3v) is 4.72. The molecule has 0 atom stereocenters. The summed E-state index contributed by atoms with van der Waals surface area (Å²) >= 11 is 6.08. The fourth-order valence-electron chi connectivity index (χ4n) is 2.92. The normalized spacial score (nSPS) is 11.7. The predicted molar refractivity (Wildman–Crippen MR) is 111 cm³/mol. The minimum Gasteiger partial charge on any atom is -0.490 e. The minimum absolute atomic E-state index is 0.0701. The number of aromatic amines is 2. The van der Waals surface area contributed by atoms with Gasteiger partial charge in [0.15, 0.2) is 11.6 Å². The number of halogens is 4. The average molecular weight is 466 g/mol. The highest BCUT2D eigenvalue weighted by molar-refractivity contribution is 6.32. The van der Waals surface area contributed by atoms with Crippen molar-refractivity contribution in [3.05, 3.63) is 58.6 Å². The molecule has 0 spiro atoms. The molecule has 32 heavy (non-hydrogen) atoms. The van der Waals surface area contributed by atoms with Crippen molar-refractivity contribution in [3.8, 4) is 17.3 Å². The number of carbonyl (C=O) groups excluding carboxylic acids is 1. The number of hydrogen-bond acceptors (Lipinski definition) is 5. The lowest BCUT2D eigenvalue weighted by Gasteiger charge is -2.08. The monoisotopic (exact) mass is 465 g/mol. The number of alkyl halides is 3. The van der Waals surface area contributed by atoms with Gasteiger partial charge < -0.3 is 20.1 Å². The van der Waals surface area contributed by atoms with Crippen molar-refractivity contribution in [2.45, 2.75) is 6.18 Å². The fourth-order valence-corrected chi connectivity index (χ4v) is 3.16. The number of nitrogens with zero attached hydrogens (tertiary/aromatic N) is 2. The molecule has 8 nitrogen and oxygen atoms in total. The highest BCUT2D eigenvalue weighted by atomic mass is 35.5. The number of amides is 1. The van der Waals surface area contributed by atoms with E-state index in [2.05, 4.69) is 25.5 Å². The van der Waals surface area contributed by atoms with E-state index in [1.165, 1.54) is 30.3 Å². The highest BCUT2D eigenvalue weighted by Crippen LogP contribution is 2.32. The molecular weight excluding hydrogens is 451 g/mol. The standard InChI is InChI=1S/C20H15ClF3N5O3/c21-12-7-10(1-4-16(12)32-6-5-30)19(31)27-17-9-15(28-29-17)18-25-13-3-2-11(20(22,23)24)8-14(13)26-18/h1-4,7-9,30H,5-6H2,(H,25,26)(H2,27,28,29,31). The quantitative estimate of drug-likeness (QED) is 0.340. The van der Waals surface area contributed by atoms with Gasteiger partial charge in [0.2, 0.25) is 0 Å². The van der Waals surface area contributed by atoms with Crippen molar-refractivity contribution in [2.24, 2.45) is 0 Å². The molecule has 2 aromatic heterocycles. The summed E-state index contributed by atoms with van der Waals surface area (Å²) in [5.74, 6) is 0.287. The van der Waals surface area contributed by atoms with Gasteiger partial charge in [-0.15, -0.1) is 0 Å². The molecule has 0 saturated carbocycles. The summed E-state index contributed by atoms with van der Waals surface area (Å²) in [6.07, 6.45) is -4.47. The van der Waals surface area contributed by atoms with Crippen LogP contribution in [-0.4, -0.2) is 44.4 Å². The average Bonchev–Trinajstić information content (AvgIpc) is 3.38. The van der Waals surface area contributed by atoms with Crippen LogP contribution in [0, 0.1) is 0 Å². The Labute approximate surface area is 183 Å². The number of benzene rings is 2. The van der Waals surface area contributed by atoms with Crippen LogP contribution in [0.5, 0.6) is 5.75 Å². The molecule has 0 aliphatic heterocycles. The zero-order valence-corrected chi connectivity index (χ0v) is 16.9. The summed E-state index contributed by atoms with van der Waals surface area (Å²) < 4.78 is 43.9. The Bertz CT molecular complexity index is 1290. The van der Waals surface area contributed by atoms with Crippen molar-refractivity contribution in [1.29, 1.82) is 0 Å². The summed E-state index contributed by atoms with van der Waals surface area (Å²) in [4.78, 5) is 19.5. The molecule has 0 radical (unpaired) electrons. The molecule has 4 N–H and O–H groups in total. The van der Waals surface area contributed by atoms with E-state index in [-0.39, 0.29) is 41.0 Å². The van der Waals surface area contributed by atoms with Gasteiger partial charge in [0.1, 0.15) is 18.1 Å². The molecule has 0 unspecified atom stereocenters. The number of nitrogens with one attached hydrogen (secondary N) is 3. The first kappa shape index (κ1) is 21.7. The predicted octanol–water partition coefficient (Wildman–Crippen LogP) is 4.25. The van der Waals surface area contributed by atoms with Crippen LogP contribution in [0.1, 0.15) is 15.9 Å². The highest BCUT2D eigenvalue weighted by Gasteiger charge is 2.30. The maximum atomic E-state index is 12.9. The molecule has 4 rings (SSSR count). The molecule has 1 amide bonds. The molecule has 4 aromatic rings. The van der Waals surface area contributed by atoms with Gasteiger partial charge in [-0.3, -0.25) is 9.89 Å². The second kappa shape index (κ2) is 8.52. The number of ether oxygens (including phenoxy) is 1. The Morgan fingerprint density at radius 3 is 2.72 bits per heavy atom. The summed E-state index contributed by atoms with van der Waals surface area (Å²) in [7, 11) is 0. The van der Waals surface area contributed by atoms with Crippen molar-refractivity contribution in [1.82, 2.24) is 20.2 Å². The SMILES string of the molecule is O=C(Nc1cc(-c2nc3cc(C(F)(F)F)ccc3[nH]2)[nH]n1)c1ccc(OCCO)c(Cl)c1. The minimum atomic E-state index is -4.47. The third-order valence-electron chi connectivity index (χ3n) is 4.43. The molecule has 0 saturated heterocycles. The summed E-state index contributed by atoms with van der Waals surface area (Å²) in [5, 5.41) is 18.3. The van der Waals surface area contributed by atoms with E-state index in [0.29, 0.717) is 17.0 Å². The molecule has 0 aliphatic rings. The zero-order valence-electron chi connectivity index (χ0n) is 16.1. The first-order valence-electron chi connectivity index (χ1n) is 9.22. The topological polar surface area (TPSA) is 116 Å². The van der Waals surface area contributed by atoms with E-state index in [4.69, 9.17) is 21.4 Å². The lowest BCUT2D eigenvalue weighted by Crippen LogP contribution is -2.12. The molecule has 0 bridgehead atoms. The first-order valence-corrected chi connectivity index (χ1v) is 9.59. The van der Waals surface area contributed by atoms with Crippen LogP contribution in [0.2, 0.25) is 5.02 Å². The number of carbonyl (C=O) groups is 1. The maximum Gasteiger partial charge on any atom is 0.416 e. The maximum absolute atomic E-state index is 12.9. The van der Waals surface area contributed by atoms with Gasteiger partial charge in [0.05, 0.1) is 28.2 Å². The van der Waals surface area contributed by atoms with Crippen LogP contribution in [0.25, 0.3) is 22.6 Å².